The summed E-state index contributed by atoms with van der Waals surface area (Å²) in [5.41, 5.74) is 2.81. The summed E-state index contributed by atoms with van der Waals surface area (Å²) in [4.78, 5) is 13.5. The Morgan fingerprint density at radius 3 is 2.61 bits per heavy atom. The maximum atomic E-state index is 5.18. The second kappa shape index (κ2) is 6.69. The predicted octanol–water partition coefficient (Wildman–Crippen LogP) is 3.63. The van der Waals surface area contributed by atoms with Gasteiger partial charge in [0.2, 0.25) is 0 Å². The van der Waals surface area contributed by atoms with E-state index in [0.29, 0.717) is 16.4 Å². The highest BCUT2D eigenvalue weighted by Gasteiger charge is 2.13. The van der Waals surface area contributed by atoms with Crippen LogP contribution < -0.4 is 10.1 Å². The molecular weight excluding hydrogens is 405 g/mol. The SMILES string of the molecule is COc1ccc(CNc2nc(I)nc3c2ncn3C(C)C)cc1. The first-order valence-electron chi connectivity index (χ1n) is 7.35. The van der Waals surface area contributed by atoms with Crippen LogP contribution in [0, 0.1) is 3.83 Å². The summed E-state index contributed by atoms with van der Waals surface area (Å²) in [7, 11) is 1.66. The van der Waals surface area contributed by atoms with Crippen LogP contribution in [-0.2, 0) is 6.54 Å². The van der Waals surface area contributed by atoms with Gasteiger partial charge in [0.05, 0.1) is 13.4 Å². The Morgan fingerprint density at radius 1 is 1.22 bits per heavy atom. The first kappa shape index (κ1) is 16.0. The van der Waals surface area contributed by atoms with Crippen molar-refractivity contribution in [2.75, 3.05) is 12.4 Å². The molecule has 0 fully saturated rings. The fourth-order valence-electron chi connectivity index (χ4n) is 2.32. The summed E-state index contributed by atoms with van der Waals surface area (Å²) < 4.78 is 7.93. The van der Waals surface area contributed by atoms with Crippen LogP contribution in [0.4, 0.5) is 5.82 Å². The van der Waals surface area contributed by atoms with E-state index in [1.54, 1.807) is 7.11 Å². The number of benzene rings is 1. The fraction of sp³-hybridized carbons (Fsp3) is 0.312. The minimum atomic E-state index is 0.306. The van der Waals surface area contributed by atoms with E-state index in [0.717, 1.165) is 28.3 Å². The summed E-state index contributed by atoms with van der Waals surface area (Å²) in [6.45, 7) is 4.89. The number of ether oxygens (including phenoxy) is 1. The Kier molecular flexibility index (Phi) is 4.65. The Morgan fingerprint density at radius 2 is 1.96 bits per heavy atom. The third kappa shape index (κ3) is 3.39. The molecule has 1 N–H and O–H groups in total. The monoisotopic (exact) mass is 423 g/mol. The van der Waals surface area contributed by atoms with Gasteiger partial charge in [0, 0.05) is 35.2 Å². The van der Waals surface area contributed by atoms with E-state index in [-0.39, 0.29) is 0 Å². The Hall–Kier alpha value is -1.90. The van der Waals surface area contributed by atoms with E-state index in [1.165, 1.54) is 0 Å². The molecule has 0 amide bonds. The topological polar surface area (TPSA) is 64.9 Å². The zero-order valence-corrected chi connectivity index (χ0v) is 15.4. The molecule has 0 unspecified atom stereocenters. The van der Waals surface area contributed by atoms with Gasteiger partial charge in [-0.2, -0.15) is 0 Å². The number of methoxy groups -OCH3 is 1. The molecule has 1 aromatic carbocycles. The van der Waals surface area contributed by atoms with E-state index in [1.807, 2.05) is 30.6 Å². The van der Waals surface area contributed by atoms with Gasteiger partial charge in [-0.05, 0) is 31.5 Å². The largest absolute Gasteiger partial charge is 0.497 e. The lowest BCUT2D eigenvalue weighted by molar-refractivity contribution is 0.414. The minimum absolute atomic E-state index is 0.306. The van der Waals surface area contributed by atoms with Crippen LogP contribution in [0.2, 0.25) is 0 Å². The number of anilines is 1. The molecule has 0 atom stereocenters. The zero-order valence-electron chi connectivity index (χ0n) is 13.2. The van der Waals surface area contributed by atoms with E-state index in [4.69, 9.17) is 4.74 Å². The first-order chi connectivity index (χ1) is 11.1. The van der Waals surface area contributed by atoms with E-state index >= 15 is 0 Å². The zero-order chi connectivity index (χ0) is 16.4. The Balaban J connectivity index is 1.87. The maximum Gasteiger partial charge on any atom is 0.194 e. The third-order valence-electron chi connectivity index (χ3n) is 3.57. The molecule has 7 heteroatoms. The second-order valence-corrected chi connectivity index (χ2v) is 6.43. The molecule has 3 rings (SSSR count). The van der Waals surface area contributed by atoms with Crippen molar-refractivity contribution in [3.8, 4) is 5.75 Å². The summed E-state index contributed by atoms with van der Waals surface area (Å²) in [6, 6.07) is 8.26. The van der Waals surface area contributed by atoms with Crippen molar-refractivity contribution in [2.45, 2.75) is 26.4 Å². The van der Waals surface area contributed by atoms with Crippen molar-refractivity contribution in [1.29, 1.82) is 0 Å². The smallest absolute Gasteiger partial charge is 0.194 e. The fourth-order valence-corrected chi connectivity index (χ4v) is 2.79. The van der Waals surface area contributed by atoms with Crippen molar-refractivity contribution >= 4 is 39.6 Å². The second-order valence-electron chi connectivity index (χ2n) is 5.46. The number of hydrogen-bond acceptors (Lipinski definition) is 5. The van der Waals surface area contributed by atoms with Gasteiger partial charge >= 0.3 is 0 Å². The summed E-state index contributed by atoms with van der Waals surface area (Å²) in [5, 5.41) is 3.36. The molecule has 120 valence electrons. The molecule has 0 aliphatic rings. The van der Waals surface area contributed by atoms with Gasteiger partial charge in [0.25, 0.3) is 0 Å². The number of halogens is 1. The summed E-state index contributed by atoms with van der Waals surface area (Å²) in [5.74, 6) is 1.61. The van der Waals surface area contributed by atoms with E-state index in [9.17, 15) is 0 Å². The maximum absolute atomic E-state index is 5.18. The van der Waals surface area contributed by atoms with Crippen LogP contribution in [0.15, 0.2) is 30.6 Å². The molecule has 0 saturated heterocycles. The highest BCUT2D eigenvalue weighted by atomic mass is 127. The molecule has 23 heavy (non-hydrogen) atoms. The molecule has 3 aromatic rings. The van der Waals surface area contributed by atoms with Gasteiger partial charge in [-0.25, -0.2) is 15.0 Å². The molecule has 0 spiro atoms. The van der Waals surface area contributed by atoms with Crippen molar-refractivity contribution in [3.63, 3.8) is 0 Å². The number of hydrogen-bond donors (Lipinski definition) is 1. The van der Waals surface area contributed by atoms with Crippen molar-refractivity contribution in [1.82, 2.24) is 19.5 Å². The highest BCUT2D eigenvalue weighted by molar-refractivity contribution is 14.1. The molecule has 0 aliphatic heterocycles. The van der Waals surface area contributed by atoms with Crippen molar-refractivity contribution in [3.05, 3.63) is 40.0 Å². The quantitative estimate of drug-likeness (QED) is 0.502. The van der Waals surface area contributed by atoms with Crippen LogP contribution in [0.1, 0.15) is 25.5 Å². The van der Waals surface area contributed by atoms with Crippen LogP contribution in [-0.4, -0.2) is 26.6 Å². The van der Waals surface area contributed by atoms with Crippen LogP contribution in [0.5, 0.6) is 5.75 Å². The molecular formula is C16H18IN5O. The van der Waals surface area contributed by atoms with Crippen LogP contribution >= 0.6 is 22.6 Å². The minimum Gasteiger partial charge on any atom is -0.497 e. The normalized spacial score (nSPS) is 11.2. The lowest BCUT2D eigenvalue weighted by atomic mass is 10.2. The molecule has 2 aromatic heterocycles. The highest BCUT2D eigenvalue weighted by Crippen LogP contribution is 2.23. The number of rotatable bonds is 5. The Bertz CT molecular complexity index is 813. The lowest BCUT2D eigenvalue weighted by Gasteiger charge is -2.10. The van der Waals surface area contributed by atoms with Gasteiger partial charge in [0.15, 0.2) is 20.8 Å². The summed E-state index contributed by atoms with van der Waals surface area (Å²) in [6.07, 6.45) is 1.82. The van der Waals surface area contributed by atoms with E-state index in [2.05, 4.69) is 61.3 Å². The van der Waals surface area contributed by atoms with Gasteiger partial charge in [-0.3, -0.25) is 0 Å². The van der Waals surface area contributed by atoms with Gasteiger partial charge < -0.3 is 14.6 Å². The number of nitrogens with zero attached hydrogens (tertiary/aromatic N) is 4. The van der Waals surface area contributed by atoms with Crippen LogP contribution in [0.3, 0.4) is 0 Å². The number of aromatic nitrogens is 4. The molecule has 0 saturated carbocycles. The van der Waals surface area contributed by atoms with Gasteiger partial charge in [-0.1, -0.05) is 12.1 Å². The van der Waals surface area contributed by atoms with Crippen molar-refractivity contribution < 1.29 is 4.74 Å². The molecule has 6 nitrogen and oxygen atoms in total. The number of fused-ring (bicyclic) bond motifs is 1. The average Bonchev–Trinajstić information content (AvgIpc) is 2.97. The predicted molar refractivity (Wildman–Crippen MR) is 98.7 cm³/mol. The molecule has 2 heterocycles. The lowest BCUT2D eigenvalue weighted by Crippen LogP contribution is -2.06. The number of nitrogens with one attached hydrogen (secondary N) is 1. The molecule has 0 bridgehead atoms. The number of imidazole rings is 1. The standard InChI is InChI=1S/C16H18IN5O/c1-10(2)22-9-19-13-14(20-16(17)21-15(13)22)18-8-11-4-6-12(23-3)7-5-11/h4-7,9-10H,8H2,1-3H3,(H,18,20,21). The average molecular weight is 423 g/mol. The molecule has 0 radical (unpaired) electrons. The van der Waals surface area contributed by atoms with Crippen molar-refractivity contribution in [2.24, 2.45) is 0 Å². The Labute approximate surface area is 148 Å². The van der Waals surface area contributed by atoms with E-state index < -0.39 is 0 Å². The van der Waals surface area contributed by atoms with Gasteiger partial charge in [0.1, 0.15) is 5.75 Å². The van der Waals surface area contributed by atoms with Crippen LogP contribution in [0.25, 0.3) is 11.2 Å². The summed E-state index contributed by atoms with van der Waals surface area (Å²) >= 11 is 2.13. The molecule has 0 aliphatic carbocycles. The third-order valence-corrected chi connectivity index (χ3v) is 4.05. The van der Waals surface area contributed by atoms with Gasteiger partial charge in [-0.15, -0.1) is 0 Å². The first-order valence-corrected chi connectivity index (χ1v) is 8.43.